The smallest absolute Gasteiger partial charge is 0.113 e. The second-order valence-corrected chi connectivity index (χ2v) is 5.92. The number of imidazole rings is 1. The van der Waals surface area contributed by atoms with Gasteiger partial charge in [0.05, 0.1) is 11.7 Å². The zero-order valence-corrected chi connectivity index (χ0v) is 11.7. The van der Waals surface area contributed by atoms with Crippen LogP contribution in [0.25, 0.3) is 11.0 Å². The van der Waals surface area contributed by atoms with Crippen molar-refractivity contribution in [2.45, 2.75) is 57.5 Å². The quantitative estimate of drug-likeness (QED) is 0.901. The molecule has 2 heterocycles. The van der Waals surface area contributed by atoms with Gasteiger partial charge in [0.25, 0.3) is 0 Å². The molecule has 0 aliphatic heterocycles. The molecule has 102 valence electrons. The molecule has 1 aliphatic rings. The fourth-order valence-electron chi connectivity index (χ4n) is 3.26. The zero-order valence-electron chi connectivity index (χ0n) is 11.7. The summed E-state index contributed by atoms with van der Waals surface area (Å²) in [5, 5.41) is 0. The van der Waals surface area contributed by atoms with E-state index < -0.39 is 0 Å². The first-order valence-corrected chi connectivity index (χ1v) is 7.24. The van der Waals surface area contributed by atoms with E-state index in [0.29, 0.717) is 18.0 Å². The average Bonchev–Trinajstić information content (AvgIpc) is 2.78. The molecule has 2 N–H and O–H groups in total. The molecule has 2 aromatic heterocycles. The summed E-state index contributed by atoms with van der Waals surface area (Å²) in [7, 11) is 0. The van der Waals surface area contributed by atoms with Crippen LogP contribution in [0.15, 0.2) is 18.5 Å². The highest BCUT2D eigenvalue weighted by Gasteiger charge is 2.26. The zero-order chi connectivity index (χ0) is 13.4. The van der Waals surface area contributed by atoms with Crippen molar-refractivity contribution in [1.29, 1.82) is 0 Å². The molecule has 1 saturated carbocycles. The van der Waals surface area contributed by atoms with Gasteiger partial charge >= 0.3 is 0 Å². The van der Waals surface area contributed by atoms with Crippen molar-refractivity contribution in [3.8, 4) is 0 Å². The van der Waals surface area contributed by atoms with Gasteiger partial charge in [-0.15, -0.1) is 0 Å². The van der Waals surface area contributed by atoms with Crippen molar-refractivity contribution < 1.29 is 0 Å². The molecule has 1 aliphatic carbocycles. The molecule has 0 bridgehead atoms. The van der Waals surface area contributed by atoms with Gasteiger partial charge in [0.1, 0.15) is 11.3 Å². The highest BCUT2D eigenvalue weighted by atomic mass is 15.1. The molecule has 0 amide bonds. The van der Waals surface area contributed by atoms with Gasteiger partial charge in [-0.3, -0.25) is 4.98 Å². The first kappa shape index (κ1) is 12.6. The standard InChI is InChI=1S/C15H22N4/c1-10(2)19-14-6-7-17-9-13(14)18-15(19)11-4-3-5-12(16)8-11/h6-7,9-12H,3-5,8,16H2,1-2H3. The molecule has 2 aromatic rings. The van der Waals surface area contributed by atoms with E-state index in [4.69, 9.17) is 10.7 Å². The molecule has 19 heavy (non-hydrogen) atoms. The number of nitrogens with zero attached hydrogens (tertiary/aromatic N) is 3. The summed E-state index contributed by atoms with van der Waals surface area (Å²) < 4.78 is 2.36. The van der Waals surface area contributed by atoms with Crippen molar-refractivity contribution in [2.24, 2.45) is 5.73 Å². The lowest BCUT2D eigenvalue weighted by atomic mass is 9.85. The van der Waals surface area contributed by atoms with E-state index in [9.17, 15) is 0 Å². The number of rotatable bonds is 2. The average molecular weight is 258 g/mol. The van der Waals surface area contributed by atoms with E-state index in [2.05, 4.69) is 29.5 Å². The van der Waals surface area contributed by atoms with Crippen LogP contribution >= 0.6 is 0 Å². The third kappa shape index (κ3) is 2.25. The minimum atomic E-state index is 0.331. The lowest BCUT2D eigenvalue weighted by Gasteiger charge is -2.27. The summed E-state index contributed by atoms with van der Waals surface area (Å²) in [5.74, 6) is 1.70. The Morgan fingerprint density at radius 3 is 2.95 bits per heavy atom. The fraction of sp³-hybridized carbons (Fsp3) is 0.600. The summed E-state index contributed by atoms with van der Waals surface area (Å²) >= 11 is 0. The number of aromatic nitrogens is 3. The van der Waals surface area contributed by atoms with Crippen LogP contribution in [0, 0.1) is 0 Å². The molecule has 0 spiro atoms. The minimum Gasteiger partial charge on any atom is -0.328 e. The summed E-state index contributed by atoms with van der Waals surface area (Å²) in [6.45, 7) is 4.43. The molecule has 2 unspecified atom stereocenters. The molecule has 0 radical (unpaired) electrons. The Labute approximate surface area is 114 Å². The Morgan fingerprint density at radius 2 is 2.21 bits per heavy atom. The van der Waals surface area contributed by atoms with Gasteiger partial charge in [-0.2, -0.15) is 0 Å². The number of fused-ring (bicyclic) bond motifs is 1. The number of pyridine rings is 1. The Kier molecular flexibility index (Phi) is 3.27. The molecule has 1 fully saturated rings. The maximum atomic E-state index is 6.13. The molecule has 4 nitrogen and oxygen atoms in total. The number of hydrogen-bond donors (Lipinski definition) is 1. The van der Waals surface area contributed by atoms with Crippen LogP contribution in [0.1, 0.15) is 57.3 Å². The normalized spacial score (nSPS) is 24.2. The summed E-state index contributed by atoms with van der Waals surface area (Å²) in [6, 6.07) is 2.81. The van der Waals surface area contributed by atoms with Gasteiger partial charge in [0.2, 0.25) is 0 Å². The number of nitrogens with two attached hydrogens (primary N) is 1. The van der Waals surface area contributed by atoms with Crippen LogP contribution < -0.4 is 5.73 Å². The molecule has 0 saturated heterocycles. The molecule has 0 aromatic carbocycles. The minimum absolute atomic E-state index is 0.331. The Morgan fingerprint density at radius 1 is 1.37 bits per heavy atom. The lowest BCUT2D eigenvalue weighted by molar-refractivity contribution is 0.369. The van der Waals surface area contributed by atoms with Crippen LogP contribution in [0.4, 0.5) is 0 Å². The third-order valence-corrected chi connectivity index (χ3v) is 4.12. The van der Waals surface area contributed by atoms with Crippen molar-refractivity contribution in [1.82, 2.24) is 14.5 Å². The van der Waals surface area contributed by atoms with Crippen molar-refractivity contribution in [2.75, 3.05) is 0 Å². The third-order valence-electron chi connectivity index (χ3n) is 4.12. The topological polar surface area (TPSA) is 56.7 Å². The second kappa shape index (κ2) is 4.93. The Hall–Kier alpha value is -1.42. The van der Waals surface area contributed by atoms with E-state index in [1.165, 1.54) is 24.2 Å². The predicted molar refractivity (Wildman–Crippen MR) is 77.1 cm³/mol. The van der Waals surface area contributed by atoms with Gasteiger partial charge < -0.3 is 10.3 Å². The van der Waals surface area contributed by atoms with E-state index in [1.807, 2.05) is 12.4 Å². The maximum absolute atomic E-state index is 6.13. The van der Waals surface area contributed by atoms with Crippen molar-refractivity contribution >= 4 is 11.0 Å². The predicted octanol–water partition coefficient (Wildman–Crippen LogP) is 3.00. The molecular formula is C15H22N4. The largest absolute Gasteiger partial charge is 0.328 e. The van der Waals surface area contributed by atoms with Crippen molar-refractivity contribution in [3.63, 3.8) is 0 Å². The molecule has 3 rings (SSSR count). The van der Waals surface area contributed by atoms with E-state index in [-0.39, 0.29) is 0 Å². The fourth-order valence-corrected chi connectivity index (χ4v) is 3.26. The number of hydrogen-bond acceptors (Lipinski definition) is 3. The molecular weight excluding hydrogens is 236 g/mol. The first-order chi connectivity index (χ1) is 9.16. The summed E-state index contributed by atoms with van der Waals surface area (Å²) in [4.78, 5) is 9.02. The van der Waals surface area contributed by atoms with Crippen LogP contribution in [0.5, 0.6) is 0 Å². The summed E-state index contributed by atoms with van der Waals surface area (Å²) in [6.07, 6.45) is 8.34. The SMILES string of the molecule is CC(C)n1c(C2CCCC(N)C2)nc2cnccc21. The van der Waals surface area contributed by atoms with Gasteiger partial charge in [-0.05, 0) is 39.2 Å². The van der Waals surface area contributed by atoms with Gasteiger partial charge in [-0.25, -0.2) is 4.98 Å². The van der Waals surface area contributed by atoms with E-state index in [1.54, 1.807) is 0 Å². The van der Waals surface area contributed by atoms with E-state index >= 15 is 0 Å². The molecule has 2 atom stereocenters. The highest BCUT2D eigenvalue weighted by molar-refractivity contribution is 5.75. The van der Waals surface area contributed by atoms with Gasteiger partial charge in [0, 0.05) is 24.2 Å². The highest BCUT2D eigenvalue weighted by Crippen LogP contribution is 2.34. The van der Waals surface area contributed by atoms with Gasteiger partial charge in [0.15, 0.2) is 0 Å². The Bertz CT molecular complexity index is 573. The van der Waals surface area contributed by atoms with Crippen molar-refractivity contribution in [3.05, 3.63) is 24.3 Å². The first-order valence-electron chi connectivity index (χ1n) is 7.24. The summed E-state index contributed by atoms with van der Waals surface area (Å²) in [5.41, 5.74) is 8.33. The lowest BCUT2D eigenvalue weighted by Crippen LogP contribution is -2.28. The Balaban J connectivity index is 2.09. The van der Waals surface area contributed by atoms with E-state index in [0.717, 1.165) is 18.4 Å². The van der Waals surface area contributed by atoms with Gasteiger partial charge in [-0.1, -0.05) is 6.42 Å². The molecule has 4 heteroatoms. The van der Waals surface area contributed by atoms with Crippen LogP contribution in [-0.4, -0.2) is 20.6 Å². The monoisotopic (exact) mass is 258 g/mol. The van der Waals surface area contributed by atoms with Crippen LogP contribution in [-0.2, 0) is 0 Å². The maximum Gasteiger partial charge on any atom is 0.113 e. The van der Waals surface area contributed by atoms with Crippen LogP contribution in [0.3, 0.4) is 0 Å². The second-order valence-electron chi connectivity index (χ2n) is 5.92. The van der Waals surface area contributed by atoms with Crippen LogP contribution in [0.2, 0.25) is 0 Å².